The highest BCUT2D eigenvalue weighted by Crippen LogP contribution is 2.35. The lowest BCUT2D eigenvalue weighted by atomic mass is 9.96. The van der Waals surface area contributed by atoms with Crippen molar-refractivity contribution in [2.24, 2.45) is 5.92 Å². The minimum Gasteiger partial charge on any atom is -0.453 e. The molecule has 1 atom stereocenters. The Kier molecular flexibility index (Phi) is 9.44. The molecule has 4 N–H and O–H groups in total. The molecule has 0 spiro atoms. The van der Waals surface area contributed by atoms with Crippen LogP contribution in [0.2, 0.25) is 5.02 Å². The van der Waals surface area contributed by atoms with Crippen LogP contribution >= 0.6 is 11.6 Å². The van der Waals surface area contributed by atoms with Gasteiger partial charge in [0.15, 0.2) is 0 Å². The van der Waals surface area contributed by atoms with Crippen LogP contribution < -0.4 is 15.4 Å². The molecular weight excluding hydrogens is 542 g/mol. The van der Waals surface area contributed by atoms with E-state index in [4.69, 9.17) is 16.6 Å². The predicted octanol–water partition coefficient (Wildman–Crippen LogP) is 5.04. The summed E-state index contributed by atoms with van der Waals surface area (Å²) in [5.74, 6) is 1.03. The number of carbonyl (C=O) groups is 1. The summed E-state index contributed by atoms with van der Waals surface area (Å²) in [6, 6.07) is 6.52. The number of hydrogen-bond acceptors (Lipinski definition) is 8. The number of methoxy groups -OCH3 is 1. The molecular formula is C26H36ClN7O4S. The van der Waals surface area contributed by atoms with Crippen LogP contribution in [0.5, 0.6) is 0 Å². The second-order valence-corrected chi connectivity index (χ2v) is 13.0. The van der Waals surface area contributed by atoms with Crippen molar-refractivity contribution in [3.63, 3.8) is 0 Å². The number of ether oxygens (including phenoxy) is 1. The number of H-pyrrole nitrogens is 1. The van der Waals surface area contributed by atoms with E-state index in [0.717, 1.165) is 5.82 Å². The molecule has 0 aliphatic rings. The van der Waals surface area contributed by atoms with Crippen molar-refractivity contribution in [3.05, 3.63) is 41.3 Å². The van der Waals surface area contributed by atoms with Crippen LogP contribution in [0.1, 0.15) is 47.4 Å². The van der Waals surface area contributed by atoms with E-state index >= 15 is 0 Å². The molecule has 3 aromatic rings. The topological polar surface area (TPSA) is 151 Å². The molecule has 1 unspecified atom stereocenters. The quantitative estimate of drug-likeness (QED) is 0.262. The number of sulfonamides is 1. The number of alkyl carbamates (subject to hydrolysis) is 1. The summed E-state index contributed by atoms with van der Waals surface area (Å²) in [6.45, 7) is 12.0. The Bertz CT molecular complexity index is 1420. The molecule has 2 aromatic heterocycles. The SMILES string of the molecule is COC(=O)NC(C)CNc1nccc(-c2[nH]c(C(C)(C)C)nc2-c2cc(Cl)cc(NS(=O)(=O)CC(C)C)c2)n1. The Balaban J connectivity index is 2.00. The Morgan fingerprint density at radius 2 is 1.87 bits per heavy atom. The van der Waals surface area contributed by atoms with E-state index in [1.807, 2.05) is 41.5 Å². The lowest BCUT2D eigenvalue weighted by molar-refractivity contribution is 0.168. The summed E-state index contributed by atoms with van der Waals surface area (Å²) in [5, 5.41) is 6.15. The van der Waals surface area contributed by atoms with E-state index < -0.39 is 16.1 Å². The molecule has 2 heterocycles. The number of anilines is 2. The maximum absolute atomic E-state index is 12.6. The fourth-order valence-corrected chi connectivity index (χ4v) is 5.38. The van der Waals surface area contributed by atoms with E-state index in [1.54, 1.807) is 30.5 Å². The minimum atomic E-state index is -3.56. The molecule has 0 radical (unpaired) electrons. The van der Waals surface area contributed by atoms with E-state index in [2.05, 4.69) is 35.0 Å². The number of halogens is 1. The molecule has 3 rings (SSSR count). The molecule has 39 heavy (non-hydrogen) atoms. The third kappa shape index (κ3) is 8.56. The van der Waals surface area contributed by atoms with Gasteiger partial charge < -0.3 is 20.4 Å². The van der Waals surface area contributed by atoms with Gasteiger partial charge in [0, 0.05) is 34.8 Å². The fraction of sp³-hybridized carbons (Fsp3) is 0.462. The average Bonchev–Trinajstić information content (AvgIpc) is 3.28. The standard InChI is InChI=1S/C26H36ClN7O4S/c1-15(2)14-39(36,37)34-19-11-17(10-18(27)12-19)21-22(33-23(32-21)26(4,5)6)20-8-9-28-24(31-20)29-13-16(3)30-25(35)38-7/h8-12,15-16,34H,13-14H2,1-7H3,(H,30,35)(H,32,33)(H,28,29,31). The number of hydrogen-bond donors (Lipinski definition) is 4. The van der Waals surface area contributed by atoms with Crippen molar-refractivity contribution in [2.45, 2.75) is 53.0 Å². The molecule has 1 amide bonds. The Morgan fingerprint density at radius 1 is 1.15 bits per heavy atom. The molecule has 0 aliphatic carbocycles. The highest BCUT2D eigenvalue weighted by Gasteiger charge is 2.24. The summed E-state index contributed by atoms with van der Waals surface area (Å²) in [7, 11) is -2.25. The van der Waals surface area contributed by atoms with Gasteiger partial charge in [-0.25, -0.2) is 28.2 Å². The smallest absolute Gasteiger partial charge is 0.407 e. The van der Waals surface area contributed by atoms with Crippen LogP contribution in [0, 0.1) is 5.92 Å². The molecule has 0 aliphatic heterocycles. The highest BCUT2D eigenvalue weighted by atomic mass is 35.5. The van der Waals surface area contributed by atoms with Gasteiger partial charge in [0.25, 0.3) is 0 Å². The van der Waals surface area contributed by atoms with Gasteiger partial charge in [0.2, 0.25) is 16.0 Å². The van der Waals surface area contributed by atoms with E-state index in [9.17, 15) is 13.2 Å². The molecule has 0 fully saturated rings. The summed E-state index contributed by atoms with van der Waals surface area (Å²) in [5.41, 5.74) is 2.43. The number of aromatic amines is 1. The van der Waals surface area contributed by atoms with Crippen LogP contribution in [0.15, 0.2) is 30.5 Å². The second-order valence-electron chi connectivity index (χ2n) is 10.7. The average molecular weight is 578 g/mol. The number of rotatable bonds is 10. The molecule has 0 bridgehead atoms. The van der Waals surface area contributed by atoms with Crippen molar-refractivity contribution in [1.29, 1.82) is 0 Å². The van der Waals surface area contributed by atoms with Crippen LogP contribution in [-0.4, -0.2) is 59.9 Å². The number of carbonyl (C=O) groups excluding carboxylic acids is 1. The third-order valence-corrected chi connectivity index (χ3v) is 7.31. The first-order valence-corrected chi connectivity index (χ1v) is 14.5. The number of benzene rings is 1. The van der Waals surface area contributed by atoms with Gasteiger partial charge in [0.1, 0.15) is 5.82 Å². The normalized spacial score (nSPS) is 12.7. The van der Waals surface area contributed by atoms with Crippen molar-refractivity contribution in [3.8, 4) is 22.6 Å². The first kappa shape index (κ1) is 30.2. The Hall–Kier alpha value is -3.38. The van der Waals surface area contributed by atoms with Gasteiger partial charge >= 0.3 is 6.09 Å². The summed E-state index contributed by atoms with van der Waals surface area (Å²) >= 11 is 6.42. The van der Waals surface area contributed by atoms with Gasteiger partial charge in [-0.15, -0.1) is 0 Å². The first-order valence-electron chi connectivity index (χ1n) is 12.5. The van der Waals surface area contributed by atoms with Crippen molar-refractivity contribution >= 4 is 39.4 Å². The number of nitrogens with zero attached hydrogens (tertiary/aromatic N) is 3. The van der Waals surface area contributed by atoms with Crippen molar-refractivity contribution < 1.29 is 17.9 Å². The molecule has 0 saturated heterocycles. The van der Waals surface area contributed by atoms with Gasteiger partial charge in [-0.2, -0.15) is 0 Å². The van der Waals surface area contributed by atoms with E-state index in [-0.39, 0.29) is 23.1 Å². The second kappa shape index (κ2) is 12.2. The number of amides is 1. The highest BCUT2D eigenvalue weighted by molar-refractivity contribution is 7.92. The maximum Gasteiger partial charge on any atom is 0.407 e. The first-order chi connectivity index (χ1) is 18.2. The lowest BCUT2D eigenvalue weighted by Gasteiger charge is -2.14. The lowest BCUT2D eigenvalue weighted by Crippen LogP contribution is -2.37. The van der Waals surface area contributed by atoms with Gasteiger partial charge in [-0.05, 0) is 37.1 Å². The monoisotopic (exact) mass is 577 g/mol. The van der Waals surface area contributed by atoms with Crippen LogP contribution in [-0.2, 0) is 20.2 Å². The fourth-order valence-electron chi connectivity index (χ4n) is 3.71. The minimum absolute atomic E-state index is 0.0127. The summed E-state index contributed by atoms with van der Waals surface area (Å²) < 4.78 is 32.4. The zero-order valence-corrected chi connectivity index (χ0v) is 24.8. The zero-order chi connectivity index (χ0) is 29.0. The van der Waals surface area contributed by atoms with Crippen LogP contribution in [0.25, 0.3) is 22.6 Å². The predicted molar refractivity (Wildman–Crippen MR) is 154 cm³/mol. The number of nitrogens with one attached hydrogen (secondary N) is 4. The van der Waals surface area contributed by atoms with Crippen LogP contribution in [0.3, 0.4) is 0 Å². The van der Waals surface area contributed by atoms with Crippen molar-refractivity contribution in [2.75, 3.05) is 29.4 Å². The van der Waals surface area contributed by atoms with Gasteiger partial charge in [0.05, 0.1) is 35.6 Å². The molecule has 212 valence electrons. The Labute approximate surface area is 234 Å². The molecule has 1 aromatic carbocycles. The largest absolute Gasteiger partial charge is 0.453 e. The zero-order valence-electron chi connectivity index (χ0n) is 23.2. The Morgan fingerprint density at radius 3 is 2.51 bits per heavy atom. The van der Waals surface area contributed by atoms with E-state index in [0.29, 0.717) is 45.8 Å². The summed E-state index contributed by atoms with van der Waals surface area (Å²) in [4.78, 5) is 28.6. The van der Waals surface area contributed by atoms with Gasteiger partial charge in [-0.1, -0.05) is 46.2 Å². The molecule has 13 heteroatoms. The number of aromatic nitrogens is 4. The van der Waals surface area contributed by atoms with Crippen LogP contribution in [0.4, 0.5) is 16.4 Å². The van der Waals surface area contributed by atoms with E-state index in [1.165, 1.54) is 7.11 Å². The van der Waals surface area contributed by atoms with Gasteiger partial charge in [-0.3, -0.25) is 4.72 Å². The molecule has 11 nitrogen and oxygen atoms in total. The van der Waals surface area contributed by atoms with Crippen molar-refractivity contribution in [1.82, 2.24) is 25.3 Å². The number of imidazole rings is 1. The summed E-state index contributed by atoms with van der Waals surface area (Å²) in [6.07, 6.45) is 1.09. The molecule has 0 saturated carbocycles. The maximum atomic E-state index is 12.6. The third-order valence-electron chi connectivity index (χ3n) is 5.44.